The van der Waals surface area contributed by atoms with E-state index < -0.39 is 5.97 Å². The molecule has 0 aromatic heterocycles. The molecule has 1 aromatic carbocycles. The van der Waals surface area contributed by atoms with Crippen molar-refractivity contribution in [3.05, 3.63) is 35.1 Å². The van der Waals surface area contributed by atoms with E-state index in [9.17, 15) is 9.18 Å². The summed E-state index contributed by atoms with van der Waals surface area (Å²) in [7, 11) is 0. The molecule has 0 fully saturated rings. The van der Waals surface area contributed by atoms with E-state index >= 15 is 0 Å². The summed E-state index contributed by atoms with van der Waals surface area (Å²) in [6, 6.07) is 3.87. The Labute approximate surface area is 76.0 Å². The lowest BCUT2D eigenvalue weighted by molar-refractivity contribution is 0.0696. The van der Waals surface area contributed by atoms with Gasteiger partial charge in [0.1, 0.15) is 5.82 Å². The zero-order valence-electron chi connectivity index (χ0n) is 7.38. The first-order chi connectivity index (χ1) is 6.15. The number of halogens is 1. The summed E-state index contributed by atoms with van der Waals surface area (Å²) in [5.41, 5.74) is 0.618. The minimum absolute atomic E-state index is 0.143. The summed E-state index contributed by atoms with van der Waals surface area (Å²) >= 11 is 0. The van der Waals surface area contributed by atoms with E-state index in [1.54, 1.807) is 0 Å². The molecule has 13 heavy (non-hydrogen) atoms. The number of carbonyl (C=O) groups is 1. The largest absolute Gasteiger partial charge is 0.478 e. The van der Waals surface area contributed by atoms with Gasteiger partial charge in [-0.25, -0.2) is 9.18 Å². The molecule has 0 atom stereocenters. The van der Waals surface area contributed by atoms with Crippen LogP contribution >= 0.6 is 0 Å². The quantitative estimate of drug-likeness (QED) is 0.779. The molecule has 0 saturated heterocycles. The van der Waals surface area contributed by atoms with E-state index in [2.05, 4.69) is 0 Å². The van der Waals surface area contributed by atoms with Crippen LogP contribution in [0.15, 0.2) is 18.2 Å². The van der Waals surface area contributed by atoms with Gasteiger partial charge in [0.05, 0.1) is 5.56 Å². The van der Waals surface area contributed by atoms with Gasteiger partial charge >= 0.3 is 5.97 Å². The van der Waals surface area contributed by atoms with E-state index in [4.69, 9.17) is 5.11 Å². The van der Waals surface area contributed by atoms with Gasteiger partial charge in [0.2, 0.25) is 0 Å². The minimum Gasteiger partial charge on any atom is -0.478 e. The standard InChI is InChI=1S/C10H11FO2/c1-2-3-7-6-8(10(12)13)4-5-9(7)11/h4-6H,2-3H2,1H3,(H,12,13). The third-order valence-electron chi connectivity index (χ3n) is 1.81. The first kappa shape index (κ1) is 9.71. The fourth-order valence-corrected chi connectivity index (χ4v) is 1.17. The lowest BCUT2D eigenvalue weighted by Gasteiger charge is -2.02. The van der Waals surface area contributed by atoms with E-state index in [1.807, 2.05) is 6.92 Å². The number of aromatic carboxylic acids is 1. The molecule has 0 unspecified atom stereocenters. The molecule has 70 valence electrons. The highest BCUT2D eigenvalue weighted by Crippen LogP contribution is 2.12. The minimum atomic E-state index is -1.02. The molecular weight excluding hydrogens is 171 g/mol. The fourth-order valence-electron chi connectivity index (χ4n) is 1.17. The van der Waals surface area contributed by atoms with Crippen LogP contribution in [0.3, 0.4) is 0 Å². The van der Waals surface area contributed by atoms with Crippen LogP contribution in [-0.2, 0) is 6.42 Å². The maximum absolute atomic E-state index is 13.0. The fraction of sp³-hybridized carbons (Fsp3) is 0.300. The molecule has 0 aliphatic rings. The number of rotatable bonds is 3. The molecule has 1 rings (SSSR count). The number of carboxylic acids is 1. The van der Waals surface area contributed by atoms with Crippen LogP contribution in [0.1, 0.15) is 29.3 Å². The van der Waals surface area contributed by atoms with Gasteiger partial charge in [-0.3, -0.25) is 0 Å². The topological polar surface area (TPSA) is 37.3 Å². The number of hydrogen-bond donors (Lipinski definition) is 1. The van der Waals surface area contributed by atoms with Gasteiger partial charge in [0.25, 0.3) is 0 Å². The average molecular weight is 182 g/mol. The van der Waals surface area contributed by atoms with Crippen molar-refractivity contribution < 1.29 is 14.3 Å². The van der Waals surface area contributed by atoms with Crippen molar-refractivity contribution in [2.75, 3.05) is 0 Å². The highest BCUT2D eigenvalue weighted by atomic mass is 19.1. The maximum atomic E-state index is 13.0. The highest BCUT2D eigenvalue weighted by molar-refractivity contribution is 5.87. The molecule has 0 aliphatic heterocycles. The second kappa shape index (κ2) is 4.03. The summed E-state index contributed by atoms with van der Waals surface area (Å²) in [4.78, 5) is 10.5. The number of benzene rings is 1. The van der Waals surface area contributed by atoms with Gasteiger partial charge in [-0.15, -0.1) is 0 Å². The Kier molecular flexibility index (Phi) is 3.01. The second-order valence-corrected chi connectivity index (χ2v) is 2.86. The smallest absolute Gasteiger partial charge is 0.335 e. The number of carboxylic acid groups (broad SMARTS) is 1. The lowest BCUT2D eigenvalue weighted by Crippen LogP contribution is -1.99. The maximum Gasteiger partial charge on any atom is 0.335 e. The molecule has 0 amide bonds. The molecule has 1 aromatic rings. The van der Waals surface area contributed by atoms with Gasteiger partial charge in [-0.05, 0) is 30.2 Å². The van der Waals surface area contributed by atoms with Gasteiger partial charge in [-0.2, -0.15) is 0 Å². The molecular formula is C10H11FO2. The molecule has 0 bridgehead atoms. The Morgan fingerprint density at radius 1 is 1.54 bits per heavy atom. The summed E-state index contributed by atoms with van der Waals surface area (Å²) < 4.78 is 13.0. The Hall–Kier alpha value is -1.38. The normalized spacial score (nSPS) is 10.0. The summed E-state index contributed by atoms with van der Waals surface area (Å²) in [5.74, 6) is -1.34. The van der Waals surface area contributed by atoms with Crippen LogP contribution in [0.5, 0.6) is 0 Å². The molecule has 0 heterocycles. The van der Waals surface area contributed by atoms with Crippen LogP contribution in [0.2, 0.25) is 0 Å². The molecule has 1 N–H and O–H groups in total. The Balaban J connectivity index is 3.03. The molecule has 0 radical (unpaired) electrons. The van der Waals surface area contributed by atoms with Crippen LogP contribution < -0.4 is 0 Å². The van der Waals surface area contributed by atoms with Crippen molar-refractivity contribution in [1.29, 1.82) is 0 Å². The molecule has 0 aliphatic carbocycles. The molecule has 0 spiro atoms. The van der Waals surface area contributed by atoms with E-state index in [0.717, 1.165) is 6.42 Å². The van der Waals surface area contributed by atoms with Crippen molar-refractivity contribution in [3.8, 4) is 0 Å². The average Bonchev–Trinajstić information content (AvgIpc) is 2.08. The molecule has 3 heteroatoms. The van der Waals surface area contributed by atoms with Crippen molar-refractivity contribution in [2.45, 2.75) is 19.8 Å². The van der Waals surface area contributed by atoms with Gasteiger partial charge < -0.3 is 5.11 Å². The van der Waals surface area contributed by atoms with Gasteiger partial charge in [0.15, 0.2) is 0 Å². The zero-order valence-corrected chi connectivity index (χ0v) is 7.38. The highest BCUT2D eigenvalue weighted by Gasteiger charge is 2.06. The summed E-state index contributed by atoms with van der Waals surface area (Å²) in [6.07, 6.45) is 1.38. The third-order valence-corrected chi connectivity index (χ3v) is 1.81. The van der Waals surface area contributed by atoms with Crippen molar-refractivity contribution in [1.82, 2.24) is 0 Å². The number of hydrogen-bond acceptors (Lipinski definition) is 1. The number of aryl methyl sites for hydroxylation is 1. The summed E-state index contributed by atoms with van der Waals surface area (Å²) in [5, 5.41) is 8.65. The molecule has 2 nitrogen and oxygen atoms in total. The van der Waals surface area contributed by atoms with Crippen molar-refractivity contribution in [2.24, 2.45) is 0 Å². The Morgan fingerprint density at radius 2 is 2.23 bits per heavy atom. The van der Waals surface area contributed by atoms with Gasteiger partial charge in [0, 0.05) is 0 Å². The van der Waals surface area contributed by atoms with Gasteiger partial charge in [-0.1, -0.05) is 13.3 Å². The summed E-state index contributed by atoms with van der Waals surface area (Å²) in [6.45, 7) is 1.92. The van der Waals surface area contributed by atoms with Crippen LogP contribution in [0, 0.1) is 5.82 Å². The van der Waals surface area contributed by atoms with Crippen LogP contribution in [0.25, 0.3) is 0 Å². The second-order valence-electron chi connectivity index (χ2n) is 2.86. The first-order valence-corrected chi connectivity index (χ1v) is 4.17. The third kappa shape index (κ3) is 2.28. The Bertz CT molecular complexity index is 321. The lowest BCUT2D eigenvalue weighted by atomic mass is 10.1. The zero-order chi connectivity index (χ0) is 9.84. The van der Waals surface area contributed by atoms with Crippen LogP contribution in [0.4, 0.5) is 4.39 Å². The first-order valence-electron chi connectivity index (χ1n) is 4.17. The molecule has 0 saturated carbocycles. The monoisotopic (exact) mass is 182 g/mol. The van der Waals surface area contributed by atoms with Crippen LogP contribution in [-0.4, -0.2) is 11.1 Å². The van der Waals surface area contributed by atoms with E-state index in [1.165, 1.54) is 18.2 Å². The van der Waals surface area contributed by atoms with Crippen molar-refractivity contribution in [3.63, 3.8) is 0 Å². The predicted molar refractivity (Wildman–Crippen MR) is 47.4 cm³/mol. The Morgan fingerprint density at radius 3 is 2.77 bits per heavy atom. The van der Waals surface area contributed by atoms with E-state index in [-0.39, 0.29) is 11.4 Å². The van der Waals surface area contributed by atoms with Crippen molar-refractivity contribution >= 4 is 5.97 Å². The SMILES string of the molecule is CCCc1cc(C(=O)O)ccc1F. The van der Waals surface area contributed by atoms with E-state index in [0.29, 0.717) is 12.0 Å². The predicted octanol–water partition coefficient (Wildman–Crippen LogP) is 2.48.